The Morgan fingerprint density at radius 3 is 2.68 bits per heavy atom. The van der Waals surface area contributed by atoms with Crippen LogP contribution in [0.4, 0.5) is 0 Å². The predicted molar refractivity (Wildman–Crippen MR) is 95.9 cm³/mol. The second-order valence-electron chi connectivity index (χ2n) is 7.41. The average Bonchev–Trinajstić information content (AvgIpc) is 2.99. The Hall–Kier alpha value is -2.01. The van der Waals surface area contributed by atoms with Gasteiger partial charge >= 0.3 is 0 Å². The number of carbonyl (C=O) groups is 1. The molecule has 1 aromatic rings. The first-order chi connectivity index (χ1) is 12.1. The molecule has 0 unspecified atom stereocenters. The fourth-order valence-electron chi connectivity index (χ4n) is 5.10. The van der Waals surface area contributed by atoms with Gasteiger partial charge in [-0.2, -0.15) is 0 Å². The van der Waals surface area contributed by atoms with Crippen LogP contribution in [0.2, 0.25) is 0 Å². The highest BCUT2D eigenvalue weighted by Crippen LogP contribution is 2.52. The Bertz CT molecular complexity index is 742. The molecular weight excluding hydrogens is 316 g/mol. The summed E-state index contributed by atoms with van der Waals surface area (Å²) in [6.07, 6.45) is 4.61. The minimum atomic E-state index is 0.0925. The van der Waals surface area contributed by atoms with Crippen LogP contribution < -0.4 is 14.8 Å². The maximum absolute atomic E-state index is 11.8. The standard InChI is InChI=1S/C20H26N2O3/c1-22-11-10-20(13-4-6-16(24-2)17(12-13)25-3)9-8-15-14(19(20)22)5-7-18(23)21-15/h4,6,12,19H,5,7-11H2,1-3H3,(H,21,23)/t19-,20-/m1/s1. The van der Waals surface area contributed by atoms with Gasteiger partial charge in [-0.05, 0) is 62.5 Å². The lowest BCUT2D eigenvalue weighted by atomic mass is 9.64. The quantitative estimate of drug-likeness (QED) is 0.917. The number of benzene rings is 1. The minimum Gasteiger partial charge on any atom is -0.493 e. The van der Waals surface area contributed by atoms with Crippen molar-refractivity contribution in [2.75, 3.05) is 27.8 Å². The number of nitrogens with one attached hydrogen (secondary N) is 1. The van der Waals surface area contributed by atoms with Crippen LogP contribution in [0.3, 0.4) is 0 Å². The third-order valence-corrected chi connectivity index (χ3v) is 6.28. The van der Waals surface area contributed by atoms with E-state index in [1.807, 2.05) is 6.07 Å². The molecule has 2 heterocycles. The molecule has 1 saturated heterocycles. The zero-order valence-electron chi connectivity index (χ0n) is 15.2. The summed E-state index contributed by atoms with van der Waals surface area (Å²) in [5.74, 6) is 1.73. The van der Waals surface area contributed by atoms with Crippen molar-refractivity contribution in [2.45, 2.75) is 43.6 Å². The maximum atomic E-state index is 11.8. The molecule has 0 radical (unpaired) electrons. The van der Waals surface area contributed by atoms with E-state index >= 15 is 0 Å². The van der Waals surface area contributed by atoms with E-state index in [9.17, 15) is 4.79 Å². The van der Waals surface area contributed by atoms with Crippen molar-refractivity contribution in [3.05, 3.63) is 35.0 Å². The lowest BCUT2D eigenvalue weighted by Gasteiger charge is -2.45. The van der Waals surface area contributed by atoms with Crippen molar-refractivity contribution in [3.63, 3.8) is 0 Å². The number of nitrogens with zero attached hydrogens (tertiary/aromatic N) is 1. The molecule has 0 aromatic heterocycles. The van der Waals surface area contributed by atoms with Crippen molar-refractivity contribution < 1.29 is 14.3 Å². The second kappa shape index (κ2) is 6.06. The second-order valence-corrected chi connectivity index (χ2v) is 7.41. The molecule has 0 spiro atoms. The molecule has 0 saturated carbocycles. The fraction of sp³-hybridized carbons (Fsp3) is 0.550. The molecule has 5 nitrogen and oxygen atoms in total. The normalized spacial score (nSPS) is 29.1. The Kier molecular flexibility index (Phi) is 3.99. The Balaban J connectivity index is 1.80. The molecule has 1 aromatic carbocycles. The molecule has 0 bridgehead atoms. The molecule has 1 aliphatic carbocycles. The SMILES string of the molecule is COc1ccc([C@]23CCC4=C(CCC(=O)N4)[C@H]2N(C)CC3)cc1OC. The number of ether oxygens (including phenoxy) is 2. The topological polar surface area (TPSA) is 50.8 Å². The van der Waals surface area contributed by atoms with E-state index in [1.54, 1.807) is 14.2 Å². The third-order valence-electron chi connectivity index (χ3n) is 6.28. The molecule has 4 rings (SSSR count). The summed E-state index contributed by atoms with van der Waals surface area (Å²) < 4.78 is 11.0. The number of methoxy groups -OCH3 is 2. The minimum absolute atomic E-state index is 0.0925. The number of allylic oxidation sites excluding steroid dienone is 1. The molecule has 5 heteroatoms. The van der Waals surface area contributed by atoms with Crippen LogP contribution in [0.1, 0.15) is 37.7 Å². The van der Waals surface area contributed by atoms with Gasteiger partial charge in [0.1, 0.15) is 0 Å². The fourth-order valence-corrected chi connectivity index (χ4v) is 5.10. The molecule has 3 aliphatic rings. The predicted octanol–water partition coefficient (Wildman–Crippen LogP) is 2.60. The van der Waals surface area contributed by atoms with Crippen molar-refractivity contribution >= 4 is 5.91 Å². The van der Waals surface area contributed by atoms with Crippen molar-refractivity contribution in [3.8, 4) is 11.5 Å². The molecular formula is C20H26N2O3. The van der Waals surface area contributed by atoms with Gasteiger partial charge < -0.3 is 14.8 Å². The van der Waals surface area contributed by atoms with Gasteiger partial charge in [-0.1, -0.05) is 6.07 Å². The smallest absolute Gasteiger partial charge is 0.224 e. The summed E-state index contributed by atoms with van der Waals surface area (Å²) in [4.78, 5) is 14.3. The van der Waals surface area contributed by atoms with Crippen molar-refractivity contribution in [1.29, 1.82) is 0 Å². The van der Waals surface area contributed by atoms with Gasteiger partial charge in [-0.15, -0.1) is 0 Å². The number of rotatable bonds is 3. The van der Waals surface area contributed by atoms with Gasteiger partial charge in [0.15, 0.2) is 11.5 Å². The van der Waals surface area contributed by atoms with Crippen LogP contribution >= 0.6 is 0 Å². The molecule has 1 amide bonds. The monoisotopic (exact) mass is 342 g/mol. The van der Waals surface area contributed by atoms with Gasteiger partial charge in [-0.25, -0.2) is 0 Å². The van der Waals surface area contributed by atoms with E-state index in [2.05, 4.69) is 29.4 Å². The van der Waals surface area contributed by atoms with E-state index in [1.165, 1.54) is 16.8 Å². The van der Waals surface area contributed by atoms with Crippen molar-refractivity contribution in [2.24, 2.45) is 0 Å². The average molecular weight is 342 g/mol. The van der Waals surface area contributed by atoms with Gasteiger partial charge in [-0.3, -0.25) is 9.69 Å². The highest BCUT2D eigenvalue weighted by molar-refractivity contribution is 5.80. The van der Waals surface area contributed by atoms with Crippen LogP contribution in [-0.2, 0) is 10.2 Å². The van der Waals surface area contributed by atoms with E-state index in [0.29, 0.717) is 12.5 Å². The van der Waals surface area contributed by atoms with Crippen molar-refractivity contribution in [1.82, 2.24) is 10.2 Å². The van der Waals surface area contributed by atoms with E-state index < -0.39 is 0 Å². The number of amides is 1. The van der Waals surface area contributed by atoms with Gasteiger partial charge in [0, 0.05) is 23.6 Å². The zero-order chi connectivity index (χ0) is 17.6. The first-order valence-electron chi connectivity index (χ1n) is 9.03. The molecule has 25 heavy (non-hydrogen) atoms. The number of fused-ring (bicyclic) bond motifs is 2. The van der Waals surface area contributed by atoms with E-state index in [4.69, 9.17) is 9.47 Å². The van der Waals surface area contributed by atoms with Gasteiger partial charge in [0.05, 0.1) is 14.2 Å². The molecule has 1 N–H and O–H groups in total. The van der Waals surface area contributed by atoms with Crippen LogP contribution in [0.5, 0.6) is 11.5 Å². The summed E-state index contributed by atoms with van der Waals surface area (Å²) in [5, 5.41) is 3.13. The largest absolute Gasteiger partial charge is 0.493 e. The Morgan fingerprint density at radius 2 is 1.92 bits per heavy atom. The van der Waals surface area contributed by atoms with E-state index in [0.717, 1.165) is 43.7 Å². The van der Waals surface area contributed by atoms with Gasteiger partial charge in [0.2, 0.25) is 5.91 Å². The molecule has 2 atom stereocenters. The van der Waals surface area contributed by atoms with Gasteiger partial charge in [0.25, 0.3) is 0 Å². The first-order valence-corrected chi connectivity index (χ1v) is 9.03. The summed E-state index contributed by atoms with van der Waals surface area (Å²) in [7, 11) is 5.57. The van der Waals surface area contributed by atoms with E-state index in [-0.39, 0.29) is 11.3 Å². The summed E-state index contributed by atoms with van der Waals surface area (Å²) in [6.45, 7) is 1.07. The Morgan fingerprint density at radius 1 is 1.12 bits per heavy atom. The highest BCUT2D eigenvalue weighted by Gasteiger charge is 2.52. The summed E-state index contributed by atoms with van der Waals surface area (Å²) in [6, 6.07) is 6.72. The lowest BCUT2D eigenvalue weighted by Crippen LogP contribution is -2.48. The summed E-state index contributed by atoms with van der Waals surface area (Å²) in [5.41, 5.74) is 4.02. The number of likely N-dealkylation sites (tertiary alicyclic amines) is 1. The number of hydrogen-bond acceptors (Lipinski definition) is 4. The first kappa shape index (κ1) is 16.5. The number of hydrogen-bond donors (Lipinski definition) is 1. The summed E-state index contributed by atoms with van der Waals surface area (Å²) >= 11 is 0. The molecule has 1 fully saturated rings. The van der Waals surface area contributed by atoms with Crippen LogP contribution in [0, 0.1) is 0 Å². The Labute approximate surface area is 149 Å². The van der Waals surface area contributed by atoms with Crippen LogP contribution in [-0.4, -0.2) is 44.7 Å². The third kappa shape index (κ3) is 2.44. The molecule has 134 valence electrons. The van der Waals surface area contributed by atoms with Crippen LogP contribution in [0.15, 0.2) is 29.5 Å². The molecule has 2 aliphatic heterocycles. The lowest BCUT2D eigenvalue weighted by molar-refractivity contribution is -0.121. The highest BCUT2D eigenvalue weighted by atomic mass is 16.5. The maximum Gasteiger partial charge on any atom is 0.224 e. The number of carbonyl (C=O) groups excluding carboxylic acids is 1. The zero-order valence-corrected chi connectivity index (χ0v) is 15.2. The number of likely N-dealkylation sites (N-methyl/N-ethyl adjacent to an activating group) is 1. The van der Waals surface area contributed by atoms with Crippen LogP contribution in [0.25, 0.3) is 0 Å².